The van der Waals surface area contributed by atoms with E-state index in [1.54, 1.807) is 12.4 Å². The largest absolute Gasteiger partial charge is 0.505 e. The molecule has 0 atom stereocenters. The van der Waals surface area contributed by atoms with Gasteiger partial charge in [-0.05, 0) is 47.0 Å². The summed E-state index contributed by atoms with van der Waals surface area (Å²) in [5.41, 5.74) is 6.32. The highest BCUT2D eigenvalue weighted by Crippen LogP contribution is 2.39. The van der Waals surface area contributed by atoms with Gasteiger partial charge < -0.3 is 5.11 Å². The Bertz CT molecular complexity index is 1300. The van der Waals surface area contributed by atoms with Crippen LogP contribution in [0.2, 0.25) is 0 Å². The third kappa shape index (κ3) is 3.79. The number of rotatable bonds is 4. The standard InChI is InChI=1S/C27H19N3O/c31-27-22(21-14-12-20(13-15-21)19-8-2-1-3-9-19)18-25(23-10-4-6-16-28-23)30-26(27)24-11-5-7-17-29-24/h1-18,31H. The molecule has 5 rings (SSSR count). The Morgan fingerprint density at radius 1 is 0.516 bits per heavy atom. The zero-order chi connectivity index (χ0) is 21.0. The first-order chi connectivity index (χ1) is 15.3. The normalized spacial score (nSPS) is 10.7. The Balaban J connectivity index is 1.66. The molecule has 0 fully saturated rings. The van der Waals surface area contributed by atoms with E-state index in [0.717, 1.165) is 22.4 Å². The molecule has 0 aliphatic rings. The molecule has 3 aromatic heterocycles. The van der Waals surface area contributed by atoms with Crippen LogP contribution >= 0.6 is 0 Å². The molecule has 148 valence electrons. The number of aromatic nitrogens is 3. The van der Waals surface area contributed by atoms with E-state index in [2.05, 4.69) is 39.2 Å². The molecule has 1 N–H and O–H groups in total. The summed E-state index contributed by atoms with van der Waals surface area (Å²) in [6, 6.07) is 31.5. The second-order valence-corrected chi connectivity index (χ2v) is 7.13. The van der Waals surface area contributed by atoms with Crippen LogP contribution in [0.25, 0.3) is 45.0 Å². The Labute approximate surface area is 180 Å². The maximum Gasteiger partial charge on any atom is 0.151 e. The summed E-state index contributed by atoms with van der Waals surface area (Å²) in [6.45, 7) is 0. The molecule has 31 heavy (non-hydrogen) atoms. The minimum atomic E-state index is 0.103. The van der Waals surface area contributed by atoms with Gasteiger partial charge in [0, 0.05) is 18.0 Å². The summed E-state index contributed by atoms with van der Waals surface area (Å²) in [7, 11) is 0. The SMILES string of the molecule is Oc1c(-c2ccc(-c3ccccc3)cc2)cc(-c2ccccn2)nc1-c1ccccn1. The predicted molar refractivity (Wildman–Crippen MR) is 123 cm³/mol. The van der Waals surface area contributed by atoms with Crippen LogP contribution in [0.1, 0.15) is 0 Å². The molecule has 4 heteroatoms. The second-order valence-electron chi connectivity index (χ2n) is 7.13. The van der Waals surface area contributed by atoms with Crippen LogP contribution in [0.15, 0.2) is 109 Å². The van der Waals surface area contributed by atoms with Gasteiger partial charge >= 0.3 is 0 Å². The first-order valence-electron chi connectivity index (χ1n) is 10.0. The number of nitrogens with zero attached hydrogens (tertiary/aromatic N) is 3. The summed E-state index contributed by atoms with van der Waals surface area (Å²) >= 11 is 0. The molecule has 0 aliphatic heterocycles. The number of aromatic hydroxyl groups is 1. The predicted octanol–water partition coefficient (Wildman–Crippen LogP) is 6.25. The van der Waals surface area contributed by atoms with Gasteiger partial charge in [-0.3, -0.25) is 9.97 Å². The van der Waals surface area contributed by atoms with Crippen molar-refractivity contribution in [2.45, 2.75) is 0 Å². The van der Waals surface area contributed by atoms with Crippen molar-refractivity contribution in [3.63, 3.8) is 0 Å². The smallest absolute Gasteiger partial charge is 0.151 e. The third-order valence-corrected chi connectivity index (χ3v) is 5.13. The molecule has 0 unspecified atom stereocenters. The topological polar surface area (TPSA) is 58.9 Å². The van der Waals surface area contributed by atoms with Crippen LogP contribution in [0.4, 0.5) is 0 Å². The Morgan fingerprint density at radius 3 is 1.74 bits per heavy atom. The summed E-state index contributed by atoms with van der Waals surface area (Å²) in [6.07, 6.45) is 3.43. The average molecular weight is 401 g/mol. The Morgan fingerprint density at radius 2 is 1.10 bits per heavy atom. The zero-order valence-corrected chi connectivity index (χ0v) is 16.7. The summed E-state index contributed by atoms with van der Waals surface area (Å²) in [5, 5.41) is 11.1. The van der Waals surface area contributed by atoms with Crippen LogP contribution in [0.3, 0.4) is 0 Å². The molecule has 0 aliphatic carbocycles. The number of pyridine rings is 3. The van der Waals surface area contributed by atoms with Crippen LogP contribution in [-0.4, -0.2) is 20.1 Å². The third-order valence-electron chi connectivity index (χ3n) is 5.13. The Hall–Kier alpha value is -4.31. The molecule has 3 heterocycles. The first-order valence-corrected chi connectivity index (χ1v) is 10.0. The number of hydrogen-bond donors (Lipinski definition) is 1. The molecule has 0 bridgehead atoms. The lowest BCUT2D eigenvalue weighted by Crippen LogP contribution is -1.95. The molecule has 0 saturated carbocycles. The Kier molecular flexibility index (Phi) is 4.95. The van der Waals surface area contributed by atoms with Crippen LogP contribution in [0, 0.1) is 0 Å². The summed E-state index contributed by atoms with van der Waals surface area (Å²) in [4.78, 5) is 13.5. The van der Waals surface area contributed by atoms with E-state index >= 15 is 0 Å². The number of hydrogen-bond acceptors (Lipinski definition) is 4. The average Bonchev–Trinajstić information content (AvgIpc) is 2.86. The minimum absolute atomic E-state index is 0.103. The molecule has 0 amide bonds. The van der Waals surface area contributed by atoms with Gasteiger partial charge in [0.1, 0.15) is 5.69 Å². The first kappa shape index (κ1) is 18.7. The van der Waals surface area contributed by atoms with Gasteiger partial charge in [0.05, 0.1) is 17.1 Å². The molecule has 2 aromatic carbocycles. The molecule has 0 spiro atoms. The van der Waals surface area contributed by atoms with Gasteiger partial charge in [0.2, 0.25) is 0 Å². The van der Waals surface area contributed by atoms with Gasteiger partial charge in [-0.1, -0.05) is 66.7 Å². The van der Waals surface area contributed by atoms with Crippen molar-refractivity contribution in [2.24, 2.45) is 0 Å². The highest BCUT2D eigenvalue weighted by molar-refractivity contribution is 5.83. The van der Waals surface area contributed by atoms with Crippen LogP contribution in [0.5, 0.6) is 5.75 Å². The monoisotopic (exact) mass is 401 g/mol. The highest BCUT2D eigenvalue weighted by atomic mass is 16.3. The van der Waals surface area contributed by atoms with E-state index in [9.17, 15) is 5.11 Å². The van der Waals surface area contributed by atoms with Crippen molar-refractivity contribution in [1.82, 2.24) is 15.0 Å². The van der Waals surface area contributed by atoms with Crippen molar-refractivity contribution in [1.29, 1.82) is 0 Å². The lowest BCUT2D eigenvalue weighted by atomic mass is 9.98. The fraction of sp³-hybridized carbons (Fsp3) is 0. The van der Waals surface area contributed by atoms with E-state index in [-0.39, 0.29) is 5.75 Å². The quantitative estimate of drug-likeness (QED) is 0.387. The van der Waals surface area contributed by atoms with E-state index in [4.69, 9.17) is 0 Å². The maximum absolute atomic E-state index is 11.1. The van der Waals surface area contributed by atoms with E-state index < -0.39 is 0 Å². The van der Waals surface area contributed by atoms with E-state index in [0.29, 0.717) is 22.6 Å². The highest BCUT2D eigenvalue weighted by Gasteiger charge is 2.17. The van der Waals surface area contributed by atoms with Crippen molar-refractivity contribution < 1.29 is 5.11 Å². The van der Waals surface area contributed by atoms with Crippen molar-refractivity contribution in [3.05, 3.63) is 109 Å². The van der Waals surface area contributed by atoms with Gasteiger partial charge in [-0.2, -0.15) is 0 Å². The lowest BCUT2D eigenvalue weighted by molar-refractivity contribution is 0.477. The molecule has 5 aromatic rings. The van der Waals surface area contributed by atoms with Crippen LogP contribution < -0.4 is 0 Å². The van der Waals surface area contributed by atoms with E-state index in [1.807, 2.05) is 72.8 Å². The fourth-order valence-corrected chi connectivity index (χ4v) is 3.56. The van der Waals surface area contributed by atoms with Gasteiger partial charge in [-0.15, -0.1) is 0 Å². The second kappa shape index (κ2) is 8.20. The molecule has 0 saturated heterocycles. The number of benzene rings is 2. The van der Waals surface area contributed by atoms with Gasteiger partial charge in [0.25, 0.3) is 0 Å². The van der Waals surface area contributed by atoms with Crippen molar-refractivity contribution >= 4 is 0 Å². The molecular weight excluding hydrogens is 382 g/mol. The summed E-state index contributed by atoms with van der Waals surface area (Å²) in [5.74, 6) is 0.103. The fourth-order valence-electron chi connectivity index (χ4n) is 3.56. The molecular formula is C27H19N3O. The van der Waals surface area contributed by atoms with Gasteiger partial charge in [-0.25, -0.2) is 4.98 Å². The van der Waals surface area contributed by atoms with Crippen LogP contribution in [-0.2, 0) is 0 Å². The summed E-state index contributed by atoms with van der Waals surface area (Å²) < 4.78 is 0. The minimum Gasteiger partial charge on any atom is -0.505 e. The molecule has 4 nitrogen and oxygen atoms in total. The van der Waals surface area contributed by atoms with Crippen molar-refractivity contribution in [2.75, 3.05) is 0 Å². The van der Waals surface area contributed by atoms with E-state index in [1.165, 1.54) is 0 Å². The lowest BCUT2D eigenvalue weighted by Gasteiger charge is -2.13. The maximum atomic E-state index is 11.1. The molecule has 0 radical (unpaired) electrons. The van der Waals surface area contributed by atoms with Gasteiger partial charge in [0.15, 0.2) is 5.75 Å². The zero-order valence-electron chi connectivity index (χ0n) is 16.7. The van der Waals surface area contributed by atoms with Crippen molar-refractivity contribution in [3.8, 4) is 50.8 Å².